The molecule has 0 saturated carbocycles. The summed E-state index contributed by atoms with van der Waals surface area (Å²) in [5.41, 5.74) is 7.76. The maximum absolute atomic E-state index is 5.74. The lowest BCUT2D eigenvalue weighted by molar-refractivity contribution is 0.200. The van der Waals surface area contributed by atoms with E-state index in [1.165, 1.54) is 4.90 Å². The average Bonchev–Trinajstić information content (AvgIpc) is 2.18. The van der Waals surface area contributed by atoms with Crippen LogP contribution >= 0.6 is 11.8 Å². The van der Waals surface area contributed by atoms with E-state index in [0.29, 0.717) is 0 Å². The van der Waals surface area contributed by atoms with Gasteiger partial charge in [0.15, 0.2) is 0 Å². The molecule has 14 heavy (non-hydrogen) atoms. The van der Waals surface area contributed by atoms with E-state index in [1.54, 1.807) is 7.11 Å². The van der Waals surface area contributed by atoms with E-state index < -0.39 is 0 Å². The van der Waals surface area contributed by atoms with Gasteiger partial charge in [-0.3, -0.25) is 0 Å². The van der Waals surface area contributed by atoms with E-state index in [2.05, 4.69) is 12.1 Å². The molecule has 78 valence electrons. The molecule has 0 aliphatic rings. The summed E-state index contributed by atoms with van der Waals surface area (Å²) in [5.74, 6) is 1.09. The minimum absolute atomic E-state index is 0.834. The van der Waals surface area contributed by atoms with Crippen LogP contribution in [0.15, 0.2) is 23.1 Å². The summed E-state index contributed by atoms with van der Waals surface area (Å²) in [5, 5.41) is 0. The quantitative estimate of drug-likeness (QED) is 0.462. The number of anilines is 1. The summed E-state index contributed by atoms with van der Waals surface area (Å²) in [7, 11) is 1.73. The second-order valence-electron chi connectivity index (χ2n) is 3.21. The largest absolute Gasteiger partial charge is 0.399 e. The zero-order valence-electron chi connectivity index (χ0n) is 8.75. The van der Waals surface area contributed by atoms with Gasteiger partial charge in [0.05, 0.1) is 0 Å². The number of rotatable bonds is 5. The first-order valence-electron chi connectivity index (χ1n) is 4.72. The number of benzene rings is 1. The van der Waals surface area contributed by atoms with E-state index in [0.717, 1.165) is 30.0 Å². The molecule has 1 aromatic rings. The SMILES string of the molecule is COCCCSc1ccc(N)c(C)c1. The molecule has 0 fully saturated rings. The number of nitrogen functional groups attached to an aromatic ring is 1. The summed E-state index contributed by atoms with van der Waals surface area (Å²) < 4.78 is 4.99. The average molecular weight is 211 g/mol. The van der Waals surface area contributed by atoms with Crippen LogP contribution in [0.3, 0.4) is 0 Å². The zero-order chi connectivity index (χ0) is 10.4. The summed E-state index contributed by atoms with van der Waals surface area (Å²) in [6.45, 7) is 2.87. The number of nitrogens with two attached hydrogens (primary N) is 1. The molecule has 0 saturated heterocycles. The van der Waals surface area contributed by atoms with Crippen LogP contribution in [0.25, 0.3) is 0 Å². The van der Waals surface area contributed by atoms with Gasteiger partial charge in [-0.25, -0.2) is 0 Å². The molecule has 1 rings (SSSR count). The van der Waals surface area contributed by atoms with Crippen LogP contribution in [-0.2, 0) is 4.74 Å². The normalized spacial score (nSPS) is 10.4. The fourth-order valence-electron chi connectivity index (χ4n) is 1.13. The highest BCUT2D eigenvalue weighted by Gasteiger charge is 1.97. The van der Waals surface area contributed by atoms with Gasteiger partial charge >= 0.3 is 0 Å². The zero-order valence-corrected chi connectivity index (χ0v) is 9.56. The van der Waals surface area contributed by atoms with Crippen molar-refractivity contribution >= 4 is 17.4 Å². The summed E-state index contributed by atoms with van der Waals surface area (Å²) in [6, 6.07) is 6.17. The van der Waals surface area contributed by atoms with Crippen LogP contribution in [0.4, 0.5) is 5.69 Å². The monoisotopic (exact) mass is 211 g/mol. The predicted molar refractivity (Wildman–Crippen MR) is 62.8 cm³/mol. The van der Waals surface area contributed by atoms with Crippen LogP contribution in [0.1, 0.15) is 12.0 Å². The van der Waals surface area contributed by atoms with Crippen LogP contribution in [0.2, 0.25) is 0 Å². The molecular formula is C11H17NOS. The van der Waals surface area contributed by atoms with Crippen LogP contribution in [0, 0.1) is 6.92 Å². The highest BCUT2D eigenvalue weighted by Crippen LogP contribution is 2.22. The molecule has 0 amide bonds. The molecule has 0 radical (unpaired) electrons. The van der Waals surface area contributed by atoms with Gasteiger partial charge in [-0.1, -0.05) is 0 Å². The van der Waals surface area contributed by atoms with Crippen molar-refractivity contribution in [2.45, 2.75) is 18.2 Å². The molecule has 0 aliphatic heterocycles. The van der Waals surface area contributed by atoms with Gasteiger partial charge in [0.2, 0.25) is 0 Å². The number of ether oxygens (including phenoxy) is 1. The Labute approximate surface area is 89.8 Å². The lowest BCUT2D eigenvalue weighted by Crippen LogP contribution is -1.91. The molecule has 0 aliphatic carbocycles. The lowest BCUT2D eigenvalue weighted by Gasteiger charge is -2.04. The van der Waals surface area contributed by atoms with Gasteiger partial charge in [-0.05, 0) is 37.1 Å². The van der Waals surface area contributed by atoms with Crippen molar-refractivity contribution in [3.8, 4) is 0 Å². The van der Waals surface area contributed by atoms with Gasteiger partial charge in [-0.2, -0.15) is 0 Å². The van der Waals surface area contributed by atoms with Crippen molar-refractivity contribution in [2.24, 2.45) is 0 Å². The molecule has 0 heterocycles. The number of hydrogen-bond donors (Lipinski definition) is 1. The maximum atomic E-state index is 5.74. The molecule has 2 nitrogen and oxygen atoms in total. The smallest absolute Gasteiger partial charge is 0.0470 e. The summed E-state index contributed by atoms with van der Waals surface area (Å²) in [4.78, 5) is 1.29. The predicted octanol–water partition coefficient (Wildman–Crippen LogP) is 2.71. The minimum Gasteiger partial charge on any atom is -0.399 e. The molecule has 0 spiro atoms. The Morgan fingerprint density at radius 2 is 2.21 bits per heavy atom. The van der Waals surface area contributed by atoms with Crippen molar-refractivity contribution < 1.29 is 4.74 Å². The Hall–Kier alpha value is -0.670. The molecule has 0 atom stereocenters. The van der Waals surface area contributed by atoms with Crippen molar-refractivity contribution in [1.29, 1.82) is 0 Å². The second-order valence-corrected chi connectivity index (χ2v) is 4.38. The second kappa shape index (κ2) is 5.94. The molecule has 0 unspecified atom stereocenters. The van der Waals surface area contributed by atoms with Gasteiger partial charge in [0, 0.05) is 30.1 Å². The number of thioether (sulfide) groups is 1. The van der Waals surface area contributed by atoms with Gasteiger partial charge in [0.25, 0.3) is 0 Å². The molecule has 3 heteroatoms. The summed E-state index contributed by atoms with van der Waals surface area (Å²) in [6.07, 6.45) is 1.09. The topological polar surface area (TPSA) is 35.2 Å². The van der Waals surface area contributed by atoms with E-state index in [1.807, 2.05) is 24.8 Å². The molecule has 0 aromatic heterocycles. The molecule has 2 N–H and O–H groups in total. The van der Waals surface area contributed by atoms with Crippen LogP contribution < -0.4 is 5.73 Å². The fraction of sp³-hybridized carbons (Fsp3) is 0.455. The summed E-state index contributed by atoms with van der Waals surface area (Å²) >= 11 is 1.85. The first kappa shape index (κ1) is 11.4. The van der Waals surface area contributed by atoms with E-state index in [4.69, 9.17) is 10.5 Å². The Kier molecular flexibility index (Phi) is 4.84. The van der Waals surface area contributed by atoms with E-state index >= 15 is 0 Å². The molecule has 1 aromatic carbocycles. The Bertz CT molecular complexity index is 289. The van der Waals surface area contributed by atoms with Crippen LogP contribution in [0.5, 0.6) is 0 Å². The van der Waals surface area contributed by atoms with E-state index in [-0.39, 0.29) is 0 Å². The highest BCUT2D eigenvalue weighted by molar-refractivity contribution is 7.99. The third-order valence-electron chi connectivity index (χ3n) is 2.00. The van der Waals surface area contributed by atoms with Gasteiger partial charge in [-0.15, -0.1) is 11.8 Å². The third-order valence-corrected chi connectivity index (χ3v) is 3.08. The lowest BCUT2D eigenvalue weighted by atomic mass is 10.2. The molecule has 0 bridgehead atoms. The molecular weight excluding hydrogens is 194 g/mol. The van der Waals surface area contributed by atoms with Crippen molar-refractivity contribution in [3.05, 3.63) is 23.8 Å². The Morgan fingerprint density at radius 3 is 2.86 bits per heavy atom. The van der Waals surface area contributed by atoms with Gasteiger partial charge < -0.3 is 10.5 Å². The minimum atomic E-state index is 0.834. The van der Waals surface area contributed by atoms with Crippen molar-refractivity contribution in [2.75, 3.05) is 25.2 Å². The Balaban J connectivity index is 2.39. The number of aryl methyl sites for hydroxylation is 1. The third kappa shape index (κ3) is 3.60. The first-order chi connectivity index (χ1) is 6.74. The number of methoxy groups -OCH3 is 1. The Morgan fingerprint density at radius 1 is 1.43 bits per heavy atom. The van der Waals surface area contributed by atoms with Crippen molar-refractivity contribution in [1.82, 2.24) is 0 Å². The highest BCUT2D eigenvalue weighted by atomic mass is 32.2. The van der Waals surface area contributed by atoms with E-state index in [9.17, 15) is 0 Å². The van der Waals surface area contributed by atoms with Gasteiger partial charge in [0.1, 0.15) is 0 Å². The van der Waals surface area contributed by atoms with Crippen LogP contribution in [-0.4, -0.2) is 19.5 Å². The number of hydrogen-bond acceptors (Lipinski definition) is 3. The first-order valence-corrected chi connectivity index (χ1v) is 5.70. The maximum Gasteiger partial charge on any atom is 0.0470 e. The fourth-order valence-corrected chi connectivity index (χ4v) is 2.05. The van der Waals surface area contributed by atoms with Crippen molar-refractivity contribution in [3.63, 3.8) is 0 Å². The standard InChI is InChI=1S/C11H17NOS/c1-9-8-10(4-5-11(9)12)14-7-3-6-13-2/h4-5,8H,3,6-7,12H2,1-2H3.